The van der Waals surface area contributed by atoms with Crippen LogP contribution in [-0.2, 0) is 3.74 Å². The Labute approximate surface area is 74.9 Å². The third kappa shape index (κ3) is 93.0. The standard InChI is InChI=1S/AsH3O4.Li.Mg.2H/c2-1(3,4)5;;;;/h(H3,2,3,4,5);;;;/q;+1;+2;2*-1/p-1. The van der Waals surface area contributed by atoms with Crippen LogP contribution in [0.3, 0.4) is 0 Å². The molecule has 0 saturated heterocycles. The summed E-state index contributed by atoms with van der Waals surface area (Å²) >= 11 is -5.38. The zero-order valence-electron chi connectivity index (χ0n) is 5.87. The van der Waals surface area contributed by atoms with Crippen LogP contribution in [0.15, 0.2) is 0 Å². The van der Waals surface area contributed by atoms with Gasteiger partial charge >= 0.3 is 72.5 Å². The van der Waals surface area contributed by atoms with Gasteiger partial charge in [-0.05, 0) is 0 Å². The van der Waals surface area contributed by atoms with Gasteiger partial charge in [-0.1, -0.05) is 0 Å². The van der Waals surface area contributed by atoms with Gasteiger partial charge in [-0.2, -0.15) is 0 Å². The summed E-state index contributed by atoms with van der Waals surface area (Å²) in [6, 6.07) is 0. The predicted molar refractivity (Wildman–Crippen MR) is 18.9 cm³/mol. The summed E-state index contributed by atoms with van der Waals surface area (Å²) in [6.45, 7) is 0. The molecule has 7 heavy (non-hydrogen) atoms. The first-order valence-electron chi connectivity index (χ1n) is 0.765. The third-order valence-corrected chi connectivity index (χ3v) is 0. The fourth-order valence-electron chi connectivity index (χ4n) is 0. The van der Waals surface area contributed by atoms with Gasteiger partial charge in [0.05, 0.1) is 0 Å². The van der Waals surface area contributed by atoms with Gasteiger partial charge in [0, 0.05) is 0 Å². The summed E-state index contributed by atoms with van der Waals surface area (Å²) in [5, 5.41) is 0. The van der Waals surface area contributed by atoms with Crippen molar-refractivity contribution in [2.24, 2.45) is 0 Å². The second kappa shape index (κ2) is 5.73. The molecule has 0 aliphatic heterocycles. The van der Waals surface area contributed by atoms with E-state index in [1.54, 1.807) is 0 Å². The first-order valence-corrected chi connectivity index (χ1v) is 3.98. The van der Waals surface area contributed by atoms with Crippen LogP contribution in [0.2, 0.25) is 0 Å². The molecule has 0 aliphatic rings. The van der Waals surface area contributed by atoms with E-state index in [0.29, 0.717) is 0 Å². The van der Waals surface area contributed by atoms with Crippen molar-refractivity contribution < 1.29 is 37.7 Å². The molecule has 0 spiro atoms. The minimum atomic E-state index is -5.38. The van der Waals surface area contributed by atoms with Crippen molar-refractivity contribution in [2.75, 3.05) is 0 Å². The van der Waals surface area contributed by atoms with Crippen molar-refractivity contribution in [3.05, 3.63) is 0 Å². The van der Waals surface area contributed by atoms with E-state index in [1.165, 1.54) is 0 Å². The summed E-state index contributed by atoms with van der Waals surface area (Å²) < 4.78 is 31.9. The molecule has 0 heterocycles. The van der Waals surface area contributed by atoms with Gasteiger partial charge in [0.1, 0.15) is 0 Å². The first kappa shape index (κ1) is 15.8. The molecule has 0 fully saturated rings. The van der Waals surface area contributed by atoms with Crippen LogP contribution in [0.25, 0.3) is 0 Å². The zero-order chi connectivity index (χ0) is 4.50. The molecule has 36 valence electrons. The molecule has 0 aliphatic carbocycles. The Hall–Kier alpha value is 1.60. The molecule has 0 aromatic heterocycles. The van der Waals surface area contributed by atoms with Crippen LogP contribution in [0.4, 0.5) is 0 Å². The summed E-state index contributed by atoms with van der Waals surface area (Å²) in [4.78, 5) is 0. The van der Waals surface area contributed by atoms with Crippen LogP contribution in [0.5, 0.6) is 0 Å². The fraction of sp³-hybridized carbons (Fsp3) is 0. The Morgan fingerprint density at radius 1 is 1.57 bits per heavy atom. The molecule has 0 rings (SSSR count). The predicted octanol–water partition coefficient (Wildman–Crippen LogP) is -5.95. The van der Waals surface area contributed by atoms with Crippen molar-refractivity contribution >= 4 is 37.6 Å². The van der Waals surface area contributed by atoms with Crippen molar-refractivity contribution in [2.45, 2.75) is 0 Å². The van der Waals surface area contributed by atoms with E-state index in [-0.39, 0.29) is 44.8 Å². The molecule has 2 N–H and O–H groups in total. The van der Waals surface area contributed by atoms with Crippen molar-refractivity contribution in [3.63, 3.8) is 0 Å². The number of hydrogen-bond acceptors (Lipinski definition) is 2. The maximum absolute atomic E-state index is 8.83. The minimum absolute atomic E-state index is 0. The zero-order valence-corrected chi connectivity index (χ0v) is 7.16. The van der Waals surface area contributed by atoms with Crippen LogP contribution in [-0.4, -0.2) is 45.8 Å². The Balaban J connectivity index is -0.0000000133. The summed E-state index contributed by atoms with van der Waals surface area (Å²) in [6.07, 6.45) is 0. The largest absolute Gasteiger partial charge is 2.00 e. The van der Waals surface area contributed by atoms with Crippen LogP contribution in [0, 0.1) is 0 Å². The van der Waals surface area contributed by atoms with Gasteiger partial charge in [-0.15, -0.1) is 0 Å². The van der Waals surface area contributed by atoms with Crippen molar-refractivity contribution in [1.29, 1.82) is 0 Å². The van der Waals surface area contributed by atoms with Gasteiger partial charge in [0.15, 0.2) is 0 Å². The maximum atomic E-state index is 8.83. The van der Waals surface area contributed by atoms with Crippen LogP contribution < -0.4 is 23.0 Å². The topological polar surface area (TPSA) is 80.6 Å². The van der Waals surface area contributed by atoms with E-state index in [2.05, 4.69) is 0 Å². The van der Waals surface area contributed by atoms with E-state index >= 15 is 0 Å². The molecule has 0 radical (unpaired) electrons. The molecule has 0 saturated carbocycles. The number of hydrogen-bond donors (Lipinski definition) is 2. The maximum Gasteiger partial charge on any atom is 2.00 e. The van der Waals surface area contributed by atoms with E-state index in [9.17, 15) is 0 Å². The average Bonchev–Trinajstić information content (AvgIpc) is 0.722. The molecule has 0 aromatic rings. The molecular formula is H4AsLiMgO4. The van der Waals surface area contributed by atoms with Gasteiger partial charge in [-0.3, -0.25) is 0 Å². The number of rotatable bonds is 0. The monoisotopic (exact) mass is 174 g/mol. The smallest absolute Gasteiger partial charge is 1.00 e. The molecule has 0 unspecified atom stereocenters. The Morgan fingerprint density at radius 3 is 1.57 bits per heavy atom. The quantitative estimate of drug-likeness (QED) is 0.358. The second-order valence-corrected chi connectivity index (χ2v) is 2.55. The molecule has 7 heteroatoms. The Morgan fingerprint density at radius 2 is 1.57 bits per heavy atom. The molecule has 4 nitrogen and oxygen atoms in total. The van der Waals surface area contributed by atoms with Crippen molar-refractivity contribution in [1.82, 2.24) is 0 Å². The van der Waals surface area contributed by atoms with E-state index in [1.807, 2.05) is 0 Å². The molecule has 0 aromatic carbocycles. The Bertz CT molecular complexity index is 64.7. The van der Waals surface area contributed by atoms with Gasteiger partial charge in [-0.25, -0.2) is 0 Å². The SMILES string of the molecule is O=[As]([O-])(O)O.[H-].[H-].[Li+].[Mg+2]. The van der Waals surface area contributed by atoms with Crippen molar-refractivity contribution in [3.8, 4) is 0 Å². The van der Waals surface area contributed by atoms with Crippen LogP contribution in [0.1, 0.15) is 2.85 Å². The fourth-order valence-corrected chi connectivity index (χ4v) is 0. The average molecular weight is 174 g/mol. The third-order valence-electron chi connectivity index (χ3n) is 0. The summed E-state index contributed by atoms with van der Waals surface area (Å²) in [5.74, 6) is 0. The first-order chi connectivity index (χ1) is 2.00. The van der Waals surface area contributed by atoms with Gasteiger partial charge in [0.2, 0.25) is 0 Å². The van der Waals surface area contributed by atoms with Gasteiger partial charge < -0.3 is 2.85 Å². The molecule has 0 amide bonds. The van der Waals surface area contributed by atoms with E-state index < -0.39 is 14.5 Å². The normalized spacial score (nSPS) is 8.43. The second-order valence-electron chi connectivity index (χ2n) is 0.491. The van der Waals surface area contributed by atoms with E-state index in [4.69, 9.17) is 16.0 Å². The summed E-state index contributed by atoms with van der Waals surface area (Å²) in [5.41, 5.74) is 0. The van der Waals surface area contributed by atoms with Crippen LogP contribution >= 0.6 is 0 Å². The minimum Gasteiger partial charge on any atom is -1.00 e. The Kier molecular flexibility index (Phi) is 13.0. The molecular weight excluding hydrogens is 170 g/mol. The van der Waals surface area contributed by atoms with Gasteiger partial charge in [0.25, 0.3) is 0 Å². The molecule has 0 bridgehead atoms. The summed E-state index contributed by atoms with van der Waals surface area (Å²) in [7, 11) is 0. The molecule has 0 atom stereocenters. The van der Waals surface area contributed by atoms with E-state index in [0.717, 1.165) is 0 Å².